The van der Waals surface area contributed by atoms with E-state index >= 15 is 0 Å². The van der Waals surface area contributed by atoms with Crippen molar-refractivity contribution in [2.45, 2.75) is 11.3 Å². The molecule has 8 nitrogen and oxygen atoms in total. The number of rotatable bonds is 6. The number of amides is 1. The number of nitrogens with zero attached hydrogens (tertiary/aromatic N) is 3. The van der Waals surface area contributed by atoms with Gasteiger partial charge in [0.05, 0.1) is 16.7 Å². The average molecular weight is 437 g/mol. The van der Waals surface area contributed by atoms with Gasteiger partial charge in [0.25, 0.3) is 11.6 Å². The second-order valence-electron chi connectivity index (χ2n) is 5.87. The number of hydrogen-bond acceptors (Lipinski definition) is 6. The summed E-state index contributed by atoms with van der Waals surface area (Å²) < 4.78 is 40.0. The molecule has 156 valence electrons. The summed E-state index contributed by atoms with van der Waals surface area (Å²) in [5.41, 5.74) is 3.11. The van der Waals surface area contributed by atoms with Crippen LogP contribution in [0.1, 0.15) is 16.1 Å². The maximum Gasteiger partial charge on any atom is 0.416 e. The zero-order valence-corrected chi connectivity index (χ0v) is 16.1. The lowest BCUT2D eigenvalue weighted by Crippen LogP contribution is -2.31. The van der Waals surface area contributed by atoms with Gasteiger partial charge in [0.2, 0.25) is 0 Å². The summed E-state index contributed by atoms with van der Waals surface area (Å²) in [6.45, 7) is 0. The number of thioether (sulfide) groups is 1. The molecule has 30 heavy (non-hydrogen) atoms. The van der Waals surface area contributed by atoms with Crippen LogP contribution in [0.25, 0.3) is 5.69 Å². The van der Waals surface area contributed by atoms with E-state index in [4.69, 9.17) is 0 Å². The highest BCUT2D eigenvalue weighted by Gasteiger charge is 2.33. The summed E-state index contributed by atoms with van der Waals surface area (Å²) in [5, 5.41) is 11.7. The Morgan fingerprint density at radius 2 is 1.90 bits per heavy atom. The van der Waals surface area contributed by atoms with Crippen LogP contribution in [0.4, 0.5) is 24.5 Å². The van der Waals surface area contributed by atoms with Gasteiger partial charge in [-0.3, -0.25) is 30.3 Å². The van der Waals surface area contributed by atoms with Crippen molar-refractivity contribution in [3.63, 3.8) is 0 Å². The molecule has 0 unspecified atom stereocenters. The fourth-order valence-corrected chi connectivity index (χ4v) is 3.16. The van der Waals surface area contributed by atoms with Crippen molar-refractivity contribution in [2.75, 3.05) is 11.7 Å². The fraction of sp³-hybridized carbons (Fsp3) is 0.111. The smallest absolute Gasteiger partial charge is 0.292 e. The third-order valence-corrected chi connectivity index (χ3v) is 4.64. The van der Waals surface area contributed by atoms with Crippen LogP contribution in [0.15, 0.2) is 59.9 Å². The summed E-state index contributed by atoms with van der Waals surface area (Å²) in [7, 11) is 0. The first-order valence-corrected chi connectivity index (χ1v) is 9.54. The Kier molecular flexibility index (Phi) is 5.96. The number of hydrazine groups is 1. The van der Waals surface area contributed by atoms with Gasteiger partial charge in [-0.15, -0.1) is 0 Å². The number of imidazole rings is 1. The first kappa shape index (κ1) is 21.2. The molecule has 0 bridgehead atoms. The monoisotopic (exact) mass is 437 g/mol. The van der Waals surface area contributed by atoms with Gasteiger partial charge in [0.15, 0.2) is 5.16 Å². The van der Waals surface area contributed by atoms with E-state index in [1.54, 1.807) is 35.1 Å². The highest BCUT2D eigenvalue weighted by Crippen LogP contribution is 2.34. The van der Waals surface area contributed by atoms with Crippen molar-refractivity contribution in [1.29, 1.82) is 0 Å². The van der Waals surface area contributed by atoms with Gasteiger partial charge < -0.3 is 0 Å². The molecule has 0 aliphatic carbocycles. The molecule has 3 rings (SSSR count). The van der Waals surface area contributed by atoms with Crippen LogP contribution < -0.4 is 10.9 Å². The van der Waals surface area contributed by atoms with E-state index in [0.717, 1.165) is 6.07 Å². The Morgan fingerprint density at radius 1 is 1.20 bits per heavy atom. The van der Waals surface area contributed by atoms with Crippen LogP contribution in [0, 0.1) is 10.1 Å². The lowest BCUT2D eigenvalue weighted by Gasteiger charge is -2.13. The van der Waals surface area contributed by atoms with Crippen molar-refractivity contribution < 1.29 is 22.9 Å². The van der Waals surface area contributed by atoms with Gasteiger partial charge in [-0.05, 0) is 30.5 Å². The fourth-order valence-electron chi connectivity index (χ4n) is 2.62. The van der Waals surface area contributed by atoms with E-state index in [9.17, 15) is 28.1 Å². The van der Waals surface area contributed by atoms with Gasteiger partial charge in [0, 0.05) is 11.8 Å². The predicted molar refractivity (Wildman–Crippen MR) is 105 cm³/mol. The SMILES string of the molecule is CSc1ncc(C(=O)NNc2ccc(C(F)(F)F)cc2[N+](=O)[O-])n1-c1ccccc1. The highest BCUT2D eigenvalue weighted by atomic mass is 32.2. The molecule has 0 aliphatic rings. The lowest BCUT2D eigenvalue weighted by atomic mass is 10.1. The maximum atomic E-state index is 12.8. The Morgan fingerprint density at radius 3 is 2.50 bits per heavy atom. The molecule has 0 atom stereocenters. The van der Waals surface area contributed by atoms with E-state index in [0.29, 0.717) is 23.0 Å². The third-order valence-electron chi connectivity index (χ3n) is 3.99. The normalized spacial score (nSPS) is 11.2. The van der Waals surface area contributed by atoms with E-state index in [1.807, 2.05) is 6.07 Å². The van der Waals surface area contributed by atoms with Crippen molar-refractivity contribution in [1.82, 2.24) is 15.0 Å². The second-order valence-corrected chi connectivity index (χ2v) is 6.64. The minimum Gasteiger partial charge on any atom is -0.292 e. The van der Waals surface area contributed by atoms with E-state index < -0.39 is 28.3 Å². The van der Waals surface area contributed by atoms with Gasteiger partial charge in [-0.1, -0.05) is 30.0 Å². The number of benzene rings is 2. The number of para-hydroxylation sites is 1. The first-order chi connectivity index (χ1) is 14.2. The topological polar surface area (TPSA) is 102 Å². The number of nitro groups is 1. The van der Waals surface area contributed by atoms with Crippen LogP contribution in [-0.4, -0.2) is 26.6 Å². The van der Waals surface area contributed by atoms with Gasteiger partial charge in [-0.2, -0.15) is 13.2 Å². The molecular formula is C18H14F3N5O3S. The van der Waals surface area contributed by atoms with E-state index in [1.165, 1.54) is 18.0 Å². The molecule has 1 heterocycles. The molecule has 0 fully saturated rings. The van der Waals surface area contributed by atoms with Gasteiger partial charge >= 0.3 is 6.18 Å². The molecule has 12 heteroatoms. The van der Waals surface area contributed by atoms with Gasteiger partial charge in [0.1, 0.15) is 11.4 Å². The molecule has 3 aromatic rings. The largest absolute Gasteiger partial charge is 0.416 e. The number of hydrogen-bond donors (Lipinski definition) is 2. The molecule has 2 aromatic carbocycles. The van der Waals surface area contributed by atoms with Crippen molar-refractivity contribution >= 4 is 29.0 Å². The third kappa shape index (κ3) is 4.38. The minimum atomic E-state index is -4.73. The number of anilines is 1. The molecular weight excluding hydrogens is 423 g/mol. The lowest BCUT2D eigenvalue weighted by molar-refractivity contribution is -0.384. The summed E-state index contributed by atoms with van der Waals surface area (Å²) in [6.07, 6.45) is -1.62. The Bertz CT molecular complexity index is 1090. The number of carbonyl (C=O) groups excluding carboxylic acids is 1. The standard InChI is InChI=1S/C18H14F3N5O3S/c1-30-17-22-10-15(25(17)12-5-3-2-4-6-12)16(27)24-23-13-8-7-11(18(19,20)21)9-14(13)26(28)29/h2-10,23H,1H3,(H,24,27). The first-order valence-electron chi connectivity index (χ1n) is 8.31. The summed E-state index contributed by atoms with van der Waals surface area (Å²) in [6, 6.07) is 10.9. The van der Waals surface area contributed by atoms with Crippen LogP contribution >= 0.6 is 11.8 Å². The number of halogens is 3. The van der Waals surface area contributed by atoms with Crippen LogP contribution in [-0.2, 0) is 6.18 Å². The van der Waals surface area contributed by atoms with Crippen molar-refractivity contribution in [2.24, 2.45) is 0 Å². The minimum absolute atomic E-state index is 0.132. The van der Waals surface area contributed by atoms with Crippen molar-refractivity contribution in [3.05, 3.63) is 76.1 Å². The zero-order chi connectivity index (χ0) is 21.9. The maximum absolute atomic E-state index is 12.8. The summed E-state index contributed by atoms with van der Waals surface area (Å²) in [4.78, 5) is 27.0. The number of carbonyl (C=O) groups is 1. The Hall–Kier alpha value is -3.54. The number of nitro benzene ring substituents is 1. The molecule has 0 aliphatic heterocycles. The number of alkyl halides is 3. The summed E-state index contributed by atoms with van der Waals surface area (Å²) >= 11 is 1.31. The number of nitrogens with one attached hydrogen (secondary N) is 2. The molecule has 1 aromatic heterocycles. The van der Waals surface area contributed by atoms with Crippen LogP contribution in [0.2, 0.25) is 0 Å². The second kappa shape index (κ2) is 8.45. The molecule has 0 saturated carbocycles. The quantitative estimate of drug-likeness (QED) is 0.339. The predicted octanol–water partition coefficient (Wildman–Crippen LogP) is 4.28. The van der Waals surface area contributed by atoms with E-state index in [2.05, 4.69) is 15.8 Å². The van der Waals surface area contributed by atoms with Gasteiger partial charge in [-0.25, -0.2) is 4.98 Å². The highest BCUT2D eigenvalue weighted by molar-refractivity contribution is 7.98. The Balaban J connectivity index is 1.87. The number of aromatic nitrogens is 2. The average Bonchev–Trinajstić information content (AvgIpc) is 3.16. The van der Waals surface area contributed by atoms with Crippen LogP contribution in [0.3, 0.4) is 0 Å². The molecule has 0 spiro atoms. The van der Waals surface area contributed by atoms with E-state index in [-0.39, 0.29) is 11.4 Å². The molecule has 0 saturated heterocycles. The Labute approximate surface area is 172 Å². The molecule has 0 radical (unpaired) electrons. The molecule has 1 amide bonds. The van der Waals surface area contributed by atoms with Crippen LogP contribution in [0.5, 0.6) is 0 Å². The zero-order valence-electron chi connectivity index (χ0n) is 15.3. The summed E-state index contributed by atoms with van der Waals surface area (Å²) in [5.74, 6) is -0.680. The van der Waals surface area contributed by atoms with Crippen molar-refractivity contribution in [3.8, 4) is 5.69 Å². The molecule has 2 N–H and O–H groups in total.